The fourth-order valence-corrected chi connectivity index (χ4v) is 3.32. The second-order valence-corrected chi connectivity index (χ2v) is 6.14. The lowest BCUT2D eigenvalue weighted by Gasteiger charge is -2.39. The highest BCUT2D eigenvalue weighted by molar-refractivity contribution is 5.27. The van der Waals surface area contributed by atoms with Crippen LogP contribution in [0.4, 0.5) is 13.2 Å². The van der Waals surface area contributed by atoms with Crippen LogP contribution in [0.25, 0.3) is 0 Å². The number of rotatable bonds is 7. The van der Waals surface area contributed by atoms with E-state index in [1.165, 1.54) is 6.07 Å². The van der Waals surface area contributed by atoms with Crippen LogP contribution >= 0.6 is 0 Å². The molecule has 1 aromatic carbocycles. The van der Waals surface area contributed by atoms with Gasteiger partial charge in [0, 0.05) is 31.7 Å². The molecule has 2 atom stereocenters. The van der Waals surface area contributed by atoms with Crippen molar-refractivity contribution in [3.63, 3.8) is 0 Å². The van der Waals surface area contributed by atoms with Crippen molar-refractivity contribution in [2.45, 2.75) is 37.7 Å². The highest BCUT2D eigenvalue weighted by Gasteiger charge is 2.41. The van der Waals surface area contributed by atoms with Gasteiger partial charge in [0.05, 0.1) is 5.60 Å². The molecule has 0 unspecified atom stereocenters. The summed E-state index contributed by atoms with van der Waals surface area (Å²) in [6, 6.07) is 2.04. The maximum absolute atomic E-state index is 14.3. The Morgan fingerprint density at radius 3 is 2.70 bits per heavy atom. The van der Waals surface area contributed by atoms with Crippen molar-refractivity contribution in [2.24, 2.45) is 5.92 Å². The van der Waals surface area contributed by atoms with Crippen LogP contribution in [0.2, 0.25) is 0 Å². The summed E-state index contributed by atoms with van der Waals surface area (Å²) in [5, 5.41) is 14.4. The molecule has 0 aliphatic carbocycles. The first-order valence-corrected chi connectivity index (χ1v) is 8.06. The highest BCUT2D eigenvalue weighted by atomic mass is 19.2. The molecule has 0 saturated carbocycles. The van der Waals surface area contributed by atoms with Gasteiger partial charge in [0.15, 0.2) is 17.5 Å². The third-order valence-electron chi connectivity index (χ3n) is 4.63. The monoisotopic (exact) mass is 331 g/mol. The Kier molecular flexibility index (Phi) is 6.44. The minimum Gasteiger partial charge on any atom is -0.385 e. The molecule has 1 aliphatic rings. The average Bonchev–Trinajstić information content (AvgIpc) is 2.57. The Balaban J connectivity index is 2.30. The zero-order chi connectivity index (χ0) is 16.9. The zero-order valence-corrected chi connectivity index (χ0v) is 13.4. The standard InChI is InChI=1S/C17H24F3NO2/c1-23-10-3-2-8-17(22,12-5-4-9-21-11-12)13-6-7-14(18)16(20)15(13)19/h6-7,12,21-22H,2-5,8-11H2,1H3/t12-,17+/m1/s1. The summed E-state index contributed by atoms with van der Waals surface area (Å²) >= 11 is 0. The molecule has 3 nitrogen and oxygen atoms in total. The van der Waals surface area contributed by atoms with E-state index in [9.17, 15) is 18.3 Å². The van der Waals surface area contributed by atoms with Crippen LogP contribution in [-0.4, -0.2) is 31.9 Å². The van der Waals surface area contributed by atoms with Gasteiger partial charge in [-0.3, -0.25) is 0 Å². The maximum atomic E-state index is 14.3. The Bertz CT molecular complexity index is 521. The molecule has 2 N–H and O–H groups in total. The van der Waals surface area contributed by atoms with E-state index in [1.54, 1.807) is 7.11 Å². The Morgan fingerprint density at radius 2 is 2.04 bits per heavy atom. The van der Waals surface area contributed by atoms with Gasteiger partial charge in [-0.05, 0) is 44.7 Å². The topological polar surface area (TPSA) is 41.5 Å². The summed E-state index contributed by atoms with van der Waals surface area (Å²) in [5.74, 6) is -4.29. The Labute approximate surface area is 134 Å². The third kappa shape index (κ3) is 4.05. The normalized spacial score (nSPS) is 21.2. The van der Waals surface area contributed by atoms with Crippen LogP contribution in [0.5, 0.6) is 0 Å². The van der Waals surface area contributed by atoms with Crippen molar-refractivity contribution in [3.8, 4) is 0 Å². The first-order chi connectivity index (χ1) is 11.0. The largest absolute Gasteiger partial charge is 0.385 e. The number of benzene rings is 1. The second-order valence-electron chi connectivity index (χ2n) is 6.14. The molecule has 6 heteroatoms. The number of hydrogen-bond acceptors (Lipinski definition) is 3. The van der Waals surface area contributed by atoms with E-state index < -0.39 is 23.1 Å². The van der Waals surface area contributed by atoms with Crippen LogP contribution < -0.4 is 5.32 Å². The fourth-order valence-electron chi connectivity index (χ4n) is 3.32. The van der Waals surface area contributed by atoms with E-state index in [1.807, 2.05) is 0 Å². The SMILES string of the molecule is COCCCC[C@@](O)(c1ccc(F)c(F)c1F)[C@@H]1CCCNC1. The van der Waals surface area contributed by atoms with E-state index in [0.717, 1.165) is 19.0 Å². The van der Waals surface area contributed by atoms with E-state index >= 15 is 0 Å². The molecular formula is C17H24F3NO2. The molecule has 2 rings (SSSR count). The van der Waals surface area contributed by atoms with Crippen LogP contribution in [-0.2, 0) is 10.3 Å². The molecule has 1 saturated heterocycles. The minimum absolute atomic E-state index is 0.150. The molecule has 23 heavy (non-hydrogen) atoms. The number of halogens is 3. The fraction of sp³-hybridized carbons (Fsp3) is 0.647. The first-order valence-electron chi connectivity index (χ1n) is 8.06. The molecule has 0 spiro atoms. The van der Waals surface area contributed by atoms with Crippen molar-refractivity contribution < 1.29 is 23.0 Å². The maximum Gasteiger partial charge on any atom is 0.194 e. The number of aliphatic hydroxyl groups is 1. The number of nitrogens with one attached hydrogen (secondary N) is 1. The summed E-state index contributed by atoms with van der Waals surface area (Å²) < 4.78 is 46.1. The van der Waals surface area contributed by atoms with Crippen molar-refractivity contribution in [1.29, 1.82) is 0 Å². The zero-order valence-electron chi connectivity index (χ0n) is 13.4. The lowest BCUT2D eigenvalue weighted by atomic mass is 9.74. The summed E-state index contributed by atoms with van der Waals surface area (Å²) in [5.41, 5.74) is -1.66. The molecule has 0 amide bonds. The summed E-state index contributed by atoms with van der Waals surface area (Å²) in [7, 11) is 1.59. The van der Waals surface area contributed by atoms with Gasteiger partial charge in [0.1, 0.15) is 0 Å². The molecule has 0 bridgehead atoms. The first kappa shape index (κ1) is 18.2. The van der Waals surface area contributed by atoms with Gasteiger partial charge in [-0.25, -0.2) is 13.2 Å². The van der Waals surface area contributed by atoms with Gasteiger partial charge in [0.2, 0.25) is 0 Å². The molecule has 1 aromatic rings. The van der Waals surface area contributed by atoms with Gasteiger partial charge >= 0.3 is 0 Å². The van der Waals surface area contributed by atoms with Gasteiger partial charge in [-0.1, -0.05) is 6.07 Å². The number of methoxy groups -OCH3 is 1. The minimum atomic E-state index is -1.53. The Morgan fingerprint density at radius 1 is 1.26 bits per heavy atom. The van der Waals surface area contributed by atoms with Crippen molar-refractivity contribution in [1.82, 2.24) is 5.32 Å². The third-order valence-corrected chi connectivity index (χ3v) is 4.63. The van der Waals surface area contributed by atoms with Crippen LogP contribution in [0.15, 0.2) is 12.1 Å². The lowest BCUT2D eigenvalue weighted by Crippen LogP contribution is -2.45. The number of hydrogen-bond donors (Lipinski definition) is 2. The molecule has 0 radical (unpaired) electrons. The van der Waals surface area contributed by atoms with E-state index in [-0.39, 0.29) is 17.9 Å². The van der Waals surface area contributed by atoms with Crippen LogP contribution in [0, 0.1) is 23.4 Å². The quantitative estimate of drug-likeness (QED) is 0.596. The molecular weight excluding hydrogens is 307 g/mol. The average molecular weight is 331 g/mol. The lowest BCUT2D eigenvalue weighted by molar-refractivity contribution is -0.0466. The molecule has 1 aliphatic heterocycles. The molecule has 0 aromatic heterocycles. The predicted molar refractivity (Wildman–Crippen MR) is 81.5 cm³/mol. The summed E-state index contributed by atoms with van der Waals surface area (Å²) in [4.78, 5) is 0. The van der Waals surface area contributed by atoms with Gasteiger partial charge in [0.25, 0.3) is 0 Å². The number of ether oxygens (including phenoxy) is 1. The van der Waals surface area contributed by atoms with E-state index in [2.05, 4.69) is 5.32 Å². The van der Waals surface area contributed by atoms with Crippen molar-refractivity contribution >= 4 is 0 Å². The van der Waals surface area contributed by atoms with Crippen LogP contribution in [0.1, 0.15) is 37.7 Å². The smallest absolute Gasteiger partial charge is 0.194 e. The number of unbranched alkanes of at least 4 members (excludes halogenated alkanes) is 1. The van der Waals surface area contributed by atoms with Gasteiger partial charge < -0.3 is 15.2 Å². The van der Waals surface area contributed by atoms with E-state index in [0.29, 0.717) is 32.4 Å². The van der Waals surface area contributed by atoms with Gasteiger partial charge in [-0.2, -0.15) is 0 Å². The molecule has 130 valence electrons. The van der Waals surface area contributed by atoms with Crippen molar-refractivity contribution in [2.75, 3.05) is 26.8 Å². The predicted octanol–water partition coefficient (Wildman–Crippen LogP) is 3.11. The van der Waals surface area contributed by atoms with Crippen molar-refractivity contribution in [3.05, 3.63) is 35.1 Å². The summed E-state index contributed by atoms with van der Waals surface area (Å²) in [6.45, 7) is 1.91. The molecule has 1 heterocycles. The van der Waals surface area contributed by atoms with E-state index in [4.69, 9.17) is 4.74 Å². The Hall–Kier alpha value is -1.11. The second kappa shape index (κ2) is 8.13. The van der Waals surface area contributed by atoms with Gasteiger partial charge in [-0.15, -0.1) is 0 Å². The summed E-state index contributed by atoms with van der Waals surface area (Å²) in [6.07, 6.45) is 3.18. The highest BCUT2D eigenvalue weighted by Crippen LogP contribution is 2.40. The number of piperidine rings is 1. The van der Waals surface area contributed by atoms with Crippen LogP contribution in [0.3, 0.4) is 0 Å². The molecule has 1 fully saturated rings.